The van der Waals surface area contributed by atoms with E-state index in [1.54, 1.807) is 0 Å². The Labute approximate surface area is 109 Å². The largest absolute Gasteiger partial charge is 0.389 e. The van der Waals surface area contributed by atoms with Crippen molar-refractivity contribution in [2.45, 2.75) is 12.5 Å². The third-order valence-corrected chi connectivity index (χ3v) is 3.71. The van der Waals surface area contributed by atoms with Gasteiger partial charge in [0.05, 0.1) is 12.7 Å². The molecule has 1 rings (SSSR count). The van der Waals surface area contributed by atoms with Crippen LogP contribution in [-0.2, 0) is 4.74 Å². The van der Waals surface area contributed by atoms with Gasteiger partial charge in [0.15, 0.2) is 0 Å². The lowest BCUT2D eigenvalue weighted by Gasteiger charge is -2.33. The quantitative estimate of drug-likeness (QED) is 0.639. The van der Waals surface area contributed by atoms with Crippen molar-refractivity contribution < 1.29 is 9.84 Å². The van der Waals surface area contributed by atoms with E-state index in [0.29, 0.717) is 6.61 Å². The highest BCUT2D eigenvalue weighted by molar-refractivity contribution is 7.98. The first-order valence-electron chi connectivity index (χ1n) is 6.38. The van der Waals surface area contributed by atoms with E-state index in [9.17, 15) is 5.11 Å². The Balaban J connectivity index is 1.98. The maximum absolute atomic E-state index is 9.84. The lowest BCUT2D eigenvalue weighted by Crippen LogP contribution is -2.47. The highest BCUT2D eigenvalue weighted by Gasteiger charge is 2.16. The van der Waals surface area contributed by atoms with Crippen LogP contribution in [0, 0.1) is 0 Å². The molecule has 4 nitrogen and oxygen atoms in total. The van der Waals surface area contributed by atoms with Crippen molar-refractivity contribution in [3.63, 3.8) is 0 Å². The van der Waals surface area contributed by atoms with E-state index in [2.05, 4.69) is 23.1 Å². The molecule has 0 saturated carbocycles. The van der Waals surface area contributed by atoms with Gasteiger partial charge in [-0.05, 0) is 25.5 Å². The van der Waals surface area contributed by atoms with Gasteiger partial charge in [-0.25, -0.2) is 0 Å². The Bertz CT molecular complexity index is 187. The summed E-state index contributed by atoms with van der Waals surface area (Å²) in [6.45, 7) is 6.29. The van der Waals surface area contributed by atoms with Crippen molar-refractivity contribution in [2.75, 3.05) is 65.0 Å². The summed E-state index contributed by atoms with van der Waals surface area (Å²) in [6.07, 6.45) is 2.83. The van der Waals surface area contributed by atoms with Gasteiger partial charge in [-0.1, -0.05) is 0 Å². The molecule has 0 bridgehead atoms. The maximum atomic E-state index is 9.84. The molecule has 102 valence electrons. The number of piperazine rings is 1. The molecule has 1 unspecified atom stereocenters. The van der Waals surface area contributed by atoms with Gasteiger partial charge in [-0.2, -0.15) is 11.8 Å². The summed E-state index contributed by atoms with van der Waals surface area (Å²) in [5.74, 6) is 1.13. The van der Waals surface area contributed by atoms with Crippen LogP contribution in [0.2, 0.25) is 0 Å². The molecule has 0 spiro atoms. The number of rotatable bonds is 8. The van der Waals surface area contributed by atoms with Crippen molar-refractivity contribution in [3.05, 3.63) is 0 Å². The second-order valence-corrected chi connectivity index (χ2v) is 5.66. The zero-order valence-electron chi connectivity index (χ0n) is 11.1. The van der Waals surface area contributed by atoms with Gasteiger partial charge in [-0.3, -0.25) is 4.90 Å². The standard InChI is InChI=1S/C12H26N2O2S/c1-13-4-6-14(7-5-13)10-12(15)11-16-8-3-9-17-2/h12,15H,3-11H2,1-2H3. The molecule has 0 aromatic rings. The second kappa shape index (κ2) is 9.16. The summed E-state index contributed by atoms with van der Waals surface area (Å²) < 4.78 is 5.46. The molecule has 1 atom stereocenters. The van der Waals surface area contributed by atoms with Gasteiger partial charge in [0.1, 0.15) is 0 Å². The van der Waals surface area contributed by atoms with Crippen LogP contribution in [0.3, 0.4) is 0 Å². The van der Waals surface area contributed by atoms with E-state index in [1.165, 1.54) is 0 Å². The van der Waals surface area contributed by atoms with Crippen molar-refractivity contribution in [2.24, 2.45) is 0 Å². The van der Waals surface area contributed by atoms with Crippen molar-refractivity contribution in [3.8, 4) is 0 Å². The number of thioether (sulfide) groups is 1. The molecule has 0 aromatic heterocycles. The minimum Gasteiger partial charge on any atom is -0.389 e. The first kappa shape index (κ1) is 15.2. The maximum Gasteiger partial charge on any atom is 0.0900 e. The molecule has 0 aromatic carbocycles. The number of hydrogen-bond donors (Lipinski definition) is 1. The Kier molecular flexibility index (Phi) is 8.22. The summed E-state index contributed by atoms with van der Waals surface area (Å²) in [5, 5.41) is 9.84. The van der Waals surface area contributed by atoms with Crippen molar-refractivity contribution in [1.29, 1.82) is 0 Å². The minimum absolute atomic E-state index is 0.340. The Morgan fingerprint density at radius 3 is 2.65 bits per heavy atom. The fourth-order valence-electron chi connectivity index (χ4n) is 1.91. The van der Waals surface area contributed by atoms with Crippen LogP contribution in [0.15, 0.2) is 0 Å². The Morgan fingerprint density at radius 2 is 2.00 bits per heavy atom. The molecular formula is C12H26N2O2S. The zero-order chi connectivity index (χ0) is 12.5. The van der Waals surface area contributed by atoms with Gasteiger partial charge in [0, 0.05) is 39.3 Å². The monoisotopic (exact) mass is 262 g/mol. The minimum atomic E-state index is -0.340. The third kappa shape index (κ3) is 7.26. The SMILES string of the molecule is CSCCCOCC(O)CN1CCN(C)CC1. The smallest absolute Gasteiger partial charge is 0.0900 e. The summed E-state index contributed by atoms with van der Waals surface area (Å²) >= 11 is 1.83. The number of hydrogen-bond acceptors (Lipinski definition) is 5. The summed E-state index contributed by atoms with van der Waals surface area (Å²) in [5.41, 5.74) is 0. The third-order valence-electron chi connectivity index (χ3n) is 3.01. The van der Waals surface area contributed by atoms with Gasteiger partial charge in [-0.15, -0.1) is 0 Å². The number of likely N-dealkylation sites (N-methyl/N-ethyl adjacent to an activating group) is 1. The van der Waals surface area contributed by atoms with E-state index >= 15 is 0 Å². The highest BCUT2D eigenvalue weighted by atomic mass is 32.2. The first-order chi connectivity index (χ1) is 8.22. The van der Waals surface area contributed by atoms with Gasteiger partial charge < -0.3 is 14.7 Å². The average Bonchev–Trinajstić information content (AvgIpc) is 2.32. The van der Waals surface area contributed by atoms with Gasteiger partial charge >= 0.3 is 0 Å². The Morgan fingerprint density at radius 1 is 1.29 bits per heavy atom. The normalized spacial score (nSPS) is 20.6. The topological polar surface area (TPSA) is 35.9 Å². The number of β-amino-alcohol motifs (C(OH)–C–C–N with tert-alkyl or cyclic N) is 1. The molecule has 1 heterocycles. The Hall–Kier alpha value is 0.190. The molecule has 0 radical (unpaired) electrons. The molecule has 5 heteroatoms. The fourth-order valence-corrected chi connectivity index (χ4v) is 2.31. The molecule has 0 amide bonds. The van der Waals surface area contributed by atoms with Crippen LogP contribution in [-0.4, -0.2) is 86.0 Å². The van der Waals surface area contributed by atoms with Crippen LogP contribution < -0.4 is 0 Å². The summed E-state index contributed by atoms with van der Waals surface area (Å²) in [7, 11) is 2.14. The van der Waals surface area contributed by atoms with Crippen LogP contribution in [0.1, 0.15) is 6.42 Å². The van der Waals surface area contributed by atoms with Crippen LogP contribution >= 0.6 is 11.8 Å². The van der Waals surface area contributed by atoms with Crippen molar-refractivity contribution >= 4 is 11.8 Å². The number of aliphatic hydroxyl groups excluding tert-OH is 1. The molecule has 1 aliphatic rings. The van der Waals surface area contributed by atoms with E-state index < -0.39 is 0 Å². The summed E-state index contributed by atoms with van der Waals surface area (Å²) in [4.78, 5) is 4.64. The highest BCUT2D eigenvalue weighted by Crippen LogP contribution is 2.01. The second-order valence-electron chi connectivity index (χ2n) is 4.68. The fraction of sp³-hybridized carbons (Fsp3) is 1.00. The number of nitrogens with zero attached hydrogens (tertiary/aromatic N) is 2. The molecular weight excluding hydrogens is 236 g/mol. The number of aliphatic hydroxyl groups is 1. The van der Waals surface area contributed by atoms with E-state index in [1.807, 2.05) is 11.8 Å². The average molecular weight is 262 g/mol. The molecule has 17 heavy (non-hydrogen) atoms. The number of ether oxygens (including phenoxy) is 1. The molecule has 0 aliphatic carbocycles. The van der Waals surface area contributed by atoms with E-state index in [4.69, 9.17) is 4.74 Å². The van der Waals surface area contributed by atoms with Crippen LogP contribution in [0.25, 0.3) is 0 Å². The van der Waals surface area contributed by atoms with E-state index in [0.717, 1.165) is 51.5 Å². The lowest BCUT2D eigenvalue weighted by molar-refractivity contribution is 0.00931. The summed E-state index contributed by atoms with van der Waals surface area (Å²) in [6, 6.07) is 0. The molecule has 1 aliphatic heterocycles. The van der Waals surface area contributed by atoms with Gasteiger partial charge in [0.25, 0.3) is 0 Å². The molecule has 1 N–H and O–H groups in total. The van der Waals surface area contributed by atoms with Gasteiger partial charge in [0.2, 0.25) is 0 Å². The molecule has 1 fully saturated rings. The molecule has 1 saturated heterocycles. The first-order valence-corrected chi connectivity index (χ1v) is 7.77. The van der Waals surface area contributed by atoms with Crippen LogP contribution in [0.5, 0.6) is 0 Å². The zero-order valence-corrected chi connectivity index (χ0v) is 11.9. The van der Waals surface area contributed by atoms with Crippen molar-refractivity contribution in [1.82, 2.24) is 9.80 Å². The van der Waals surface area contributed by atoms with Crippen LogP contribution in [0.4, 0.5) is 0 Å². The predicted molar refractivity (Wildman–Crippen MR) is 73.8 cm³/mol. The lowest BCUT2D eigenvalue weighted by atomic mass is 10.3. The predicted octanol–water partition coefficient (Wildman–Crippen LogP) is 0.364. The van der Waals surface area contributed by atoms with E-state index in [-0.39, 0.29) is 6.10 Å².